The van der Waals surface area contributed by atoms with Gasteiger partial charge in [-0.15, -0.1) is 0 Å². The number of ether oxygens (including phenoxy) is 1. The summed E-state index contributed by atoms with van der Waals surface area (Å²) in [4.78, 5) is 61.8. The molecule has 1 aliphatic rings. The molecule has 0 bridgehead atoms. The van der Waals surface area contributed by atoms with Gasteiger partial charge in [-0.2, -0.15) is 0 Å². The zero-order valence-electron chi connectivity index (χ0n) is 20.0. The number of nitro benzene ring substituents is 1. The van der Waals surface area contributed by atoms with Gasteiger partial charge in [0, 0.05) is 31.2 Å². The summed E-state index contributed by atoms with van der Waals surface area (Å²) in [6, 6.07) is 4.15. The highest BCUT2D eigenvalue weighted by Crippen LogP contribution is 2.32. The molecule has 1 aromatic carbocycles. The second-order valence-corrected chi connectivity index (χ2v) is 9.41. The van der Waals surface area contributed by atoms with E-state index < -0.39 is 22.7 Å². The molecular formula is C23H32N3O7S+. The first-order valence-corrected chi connectivity index (χ1v) is 12.3. The monoisotopic (exact) mass is 494 g/mol. The third-order valence-corrected chi connectivity index (χ3v) is 7.29. The zero-order chi connectivity index (χ0) is 25.5. The Bertz CT molecular complexity index is 923. The van der Waals surface area contributed by atoms with Crippen molar-refractivity contribution in [2.75, 3.05) is 25.4 Å². The lowest BCUT2D eigenvalue weighted by atomic mass is 9.97. The van der Waals surface area contributed by atoms with Crippen molar-refractivity contribution >= 4 is 40.2 Å². The molecule has 11 heteroatoms. The number of carbonyl (C=O) groups excluding carboxylic acids is 4. The van der Waals surface area contributed by atoms with Gasteiger partial charge in [0.15, 0.2) is 23.1 Å². The highest BCUT2D eigenvalue weighted by atomic mass is 32.2. The number of amides is 1. The van der Waals surface area contributed by atoms with Crippen LogP contribution in [0.2, 0.25) is 0 Å². The van der Waals surface area contributed by atoms with Crippen LogP contribution < -0.4 is 0 Å². The molecule has 1 aliphatic heterocycles. The molecule has 1 aromatic rings. The SMILES string of the molecule is CC[N+](CC)(CC)C1CC(=O)N1C(C(=O)CCSC(C)=O)C(=O)OCc1ccc([N+](=O)[O-])cc1. The van der Waals surface area contributed by atoms with Crippen LogP contribution in [0.3, 0.4) is 0 Å². The Morgan fingerprint density at radius 1 is 1.18 bits per heavy atom. The van der Waals surface area contributed by atoms with E-state index in [9.17, 15) is 29.3 Å². The van der Waals surface area contributed by atoms with Crippen molar-refractivity contribution < 1.29 is 33.3 Å². The van der Waals surface area contributed by atoms with Crippen LogP contribution in [0.4, 0.5) is 5.69 Å². The molecule has 1 amide bonds. The van der Waals surface area contributed by atoms with E-state index in [2.05, 4.69) is 0 Å². The number of β-lactam (4-membered cyclic amide) rings is 1. The van der Waals surface area contributed by atoms with Gasteiger partial charge < -0.3 is 9.22 Å². The molecule has 0 aliphatic carbocycles. The average molecular weight is 495 g/mol. The van der Waals surface area contributed by atoms with Gasteiger partial charge >= 0.3 is 5.97 Å². The third-order valence-electron chi connectivity index (χ3n) is 6.48. The Morgan fingerprint density at radius 2 is 1.76 bits per heavy atom. The summed E-state index contributed by atoms with van der Waals surface area (Å²) in [5.41, 5.74) is 0.428. The average Bonchev–Trinajstić information content (AvgIpc) is 2.81. The van der Waals surface area contributed by atoms with Crippen molar-refractivity contribution in [1.82, 2.24) is 4.90 Å². The molecule has 1 fully saturated rings. The smallest absolute Gasteiger partial charge is 0.337 e. The number of benzene rings is 1. The van der Waals surface area contributed by atoms with E-state index in [4.69, 9.17) is 4.74 Å². The van der Waals surface area contributed by atoms with Crippen molar-refractivity contribution in [2.45, 2.75) is 59.4 Å². The number of carbonyl (C=O) groups is 4. The molecule has 2 atom stereocenters. The number of likely N-dealkylation sites (tertiary alicyclic amines) is 1. The van der Waals surface area contributed by atoms with Crippen LogP contribution in [0, 0.1) is 10.1 Å². The molecule has 1 saturated heterocycles. The Morgan fingerprint density at radius 3 is 2.24 bits per heavy atom. The van der Waals surface area contributed by atoms with E-state index in [1.165, 1.54) is 36.1 Å². The number of hydrogen-bond acceptors (Lipinski definition) is 8. The third kappa shape index (κ3) is 6.20. The van der Waals surface area contributed by atoms with Gasteiger partial charge in [-0.05, 0) is 38.5 Å². The predicted molar refractivity (Wildman–Crippen MR) is 127 cm³/mol. The van der Waals surface area contributed by atoms with Crippen molar-refractivity contribution in [3.05, 3.63) is 39.9 Å². The largest absolute Gasteiger partial charge is 0.459 e. The minimum absolute atomic E-state index is 0.0532. The Labute approximate surface area is 203 Å². The van der Waals surface area contributed by atoms with Crippen LogP contribution >= 0.6 is 11.8 Å². The van der Waals surface area contributed by atoms with Crippen molar-refractivity contribution in [3.8, 4) is 0 Å². The van der Waals surface area contributed by atoms with Gasteiger partial charge in [-0.1, -0.05) is 11.8 Å². The van der Waals surface area contributed by atoms with Crippen LogP contribution in [0.1, 0.15) is 46.1 Å². The standard InChI is InChI=1S/C23H32N3O7S/c1-5-26(6-2,7-3)20-14-21(29)24(20)22(19(28)12-13-34-16(4)27)23(30)33-15-17-8-10-18(11-9-17)25(31)32/h8-11,20,22H,5-7,12-15H2,1-4H3/q+1. The number of Topliss-reactive ketones (excluding diaryl/α,β-unsaturated/α-hetero) is 1. The molecule has 0 radical (unpaired) electrons. The fraction of sp³-hybridized carbons (Fsp3) is 0.565. The molecule has 2 unspecified atom stereocenters. The Hall–Kier alpha value is -2.79. The second-order valence-electron chi connectivity index (χ2n) is 8.14. The van der Waals surface area contributed by atoms with E-state index in [1.54, 1.807) is 0 Å². The molecule has 2 rings (SSSR count). The van der Waals surface area contributed by atoms with Crippen LogP contribution in [0.5, 0.6) is 0 Å². The van der Waals surface area contributed by atoms with Crippen molar-refractivity contribution in [2.24, 2.45) is 0 Å². The van der Waals surface area contributed by atoms with E-state index in [0.717, 1.165) is 31.4 Å². The molecular weight excluding hydrogens is 462 g/mol. The molecule has 34 heavy (non-hydrogen) atoms. The summed E-state index contributed by atoms with van der Waals surface area (Å²) in [6.07, 6.45) is -0.117. The summed E-state index contributed by atoms with van der Waals surface area (Å²) < 4.78 is 5.96. The first kappa shape index (κ1) is 27.5. The summed E-state index contributed by atoms with van der Waals surface area (Å²) >= 11 is 0.986. The van der Waals surface area contributed by atoms with Gasteiger partial charge in [0.2, 0.25) is 5.91 Å². The molecule has 0 spiro atoms. The van der Waals surface area contributed by atoms with E-state index >= 15 is 0 Å². The summed E-state index contributed by atoms with van der Waals surface area (Å²) in [5.74, 6) is -1.38. The molecule has 186 valence electrons. The summed E-state index contributed by atoms with van der Waals surface area (Å²) in [5, 5.41) is 10.7. The summed E-state index contributed by atoms with van der Waals surface area (Å²) in [7, 11) is 0. The Kier molecular flexibility index (Phi) is 9.75. The maximum absolute atomic E-state index is 13.1. The van der Waals surface area contributed by atoms with E-state index in [0.29, 0.717) is 10.0 Å². The number of esters is 1. The summed E-state index contributed by atoms with van der Waals surface area (Å²) in [6.45, 7) is 9.46. The molecule has 0 aromatic heterocycles. The van der Waals surface area contributed by atoms with Crippen LogP contribution in [0.15, 0.2) is 24.3 Å². The number of quaternary nitrogens is 1. The number of ketones is 1. The first-order chi connectivity index (χ1) is 16.1. The Balaban J connectivity index is 2.24. The lowest BCUT2D eigenvalue weighted by molar-refractivity contribution is -0.959. The van der Waals surface area contributed by atoms with Crippen molar-refractivity contribution in [3.63, 3.8) is 0 Å². The minimum Gasteiger partial charge on any atom is -0.459 e. The maximum atomic E-state index is 13.1. The highest BCUT2D eigenvalue weighted by Gasteiger charge is 2.55. The molecule has 0 saturated carbocycles. The number of non-ortho nitro benzene ring substituents is 1. The lowest BCUT2D eigenvalue weighted by Gasteiger charge is -2.53. The van der Waals surface area contributed by atoms with E-state index in [-0.39, 0.29) is 48.1 Å². The first-order valence-electron chi connectivity index (χ1n) is 11.3. The van der Waals surface area contributed by atoms with Gasteiger partial charge in [-0.3, -0.25) is 29.4 Å². The number of nitrogens with zero attached hydrogens (tertiary/aromatic N) is 3. The van der Waals surface area contributed by atoms with Gasteiger partial charge in [-0.25, -0.2) is 4.79 Å². The molecule has 10 nitrogen and oxygen atoms in total. The highest BCUT2D eigenvalue weighted by molar-refractivity contribution is 8.13. The number of thioether (sulfide) groups is 1. The predicted octanol–water partition coefficient (Wildman–Crippen LogP) is 2.68. The quantitative estimate of drug-likeness (QED) is 0.102. The van der Waals surface area contributed by atoms with Gasteiger partial charge in [0.25, 0.3) is 5.69 Å². The minimum atomic E-state index is -1.39. The zero-order valence-corrected chi connectivity index (χ0v) is 20.8. The van der Waals surface area contributed by atoms with Crippen LogP contribution in [-0.2, 0) is 30.5 Å². The number of rotatable bonds is 13. The molecule has 1 heterocycles. The van der Waals surface area contributed by atoms with Crippen LogP contribution in [-0.4, -0.2) is 74.7 Å². The fourth-order valence-electron chi connectivity index (χ4n) is 4.27. The van der Waals surface area contributed by atoms with Crippen LogP contribution in [0.25, 0.3) is 0 Å². The number of hydrogen-bond donors (Lipinski definition) is 0. The topological polar surface area (TPSA) is 124 Å². The number of nitro groups is 1. The van der Waals surface area contributed by atoms with Gasteiger partial charge in [0.05, 0.1) is 31.0 Å². The second kappa shape index (κ2) is 12.1. The fourth-order valence-corrected chi connectivity index (χ4v) is 4.86. The lowest BCUT2D eigenvalue weighted by Crippen LogP contribution is -2.74. The van der Waals surface area contributed by atoms with Crippen molar-refractivity contribution in [1.29, 1.82) is 0 Å². The van der Waals surface area contributed by atoms with Gasteiger partial charge in [0.1, 0.15) is 6.61 Å². The van der Waals surface area contributed by atoms with E-state index in [1.807, 2.05) is 20.8 Å². The normalized spacial score (nSPS) is 16.5. The molecule has 0 N–H and O–H groups in total. The maximum Gasteiger partial charge on any atom is 0.337 e.